The van der Waals surface area contributed by atoms with Crippen molar-refractivity contribution >= 4 is 11.0 Å². The number of hydrogen-bond acceptors (Lipinski definition) is 2. The van der Waals surface area contributed by atoms with Crippen molar-refractivity contribution in [1.82, 2.24) is 9.55 Å². The maximum absolute atomic E-state index is 12.5. The van der Waals surface area contributed by atoms with Crippen LogP contribution in [-0.4, -0.2) is 9.55 Å². The van der Waals surface area contributed by atoms with E-state index in [4.69, 9.17) is 0 Å². The molecule has 2 aromatic rings. The van der Waals surface area contributed by atoms with Crippen LogP contribution < -0.4 is 5.56 Å². The van der Waals surface area contributed by atoms with Gasteiger partial charge in [-0.1, -0.05) is 0 Å². The van der Waals surface area contributed by atoms with Gasteiger partial charge in [-0.3, -0.25) is 4.79 Å². The van der Waals surface area contributed by atoms with Gasteiger partial charge in [-0.05, 0) is 25.1 Å². The average Bonchev–Trinajstić information content (AvgIpc) is 2.24. The highest BCUT2D eigenvalue weighted by atomic mass is 19.4. The van der Waals surface area contributed by atoms with Crippen molar-refractivity contribution in [3.8, 4) is 0 Å². The van der Waals surface area contributed by atoms with Crippen LogP contribution in [0.4, 0.5) is 13.2 Å². The van der Waals surface area contributed by atoms with Crippen LogP contribution in [0.3, 0.4) is 0 Å². The Kier molecular flexibility index (Phi) is 2.45. The number of halogens is 3. The summed E-state index contributed by atoms with van der Waals surface area (Å²) in [7, 11) is 1.51. The molecule has 1 heterocycles. The minimum Gasteiger partial charge on any atom is -0.308 e. The van der Waals surface area contributed by atoms with Gasteiger partial charge in [-0.25, -0.2) is 4.98 Å². The van der Waals surface area contributed by atoms with E-state index in [0.29, 0.717) is 5.52 Å². The van der Waals surface area contributed by atoms with Gasteiger partial charge in [0.1, 0.15) is 5.69 Å². The molecule has 0 aliphatic rings. The van der Waals surface area contributed by atoms with Crippen LogP contribution in [-0.2, 0) is 13.2 Å². The van der Waals surface area contributed by atoms with E-state index in [2.05, 4.69) is 4.98 Å². The SMILES string of the molecule is Cc1nc2cc(C(F)(F)F)ccc2n(C)c1=O. The summed E-state index contributed by atoms with van der Waals surface area (Å²) in [6, 6.07) is 3.15. The molecule has 17 heavy (non-hydrogen) atoms. The van der Waals surface area contributed by atoms with Crippen molar-refractivity contribution in [3.63, 3.8) is 0 Å². The van der Waals surface area contributed by atoms with Gasteiger partial charge in [0.15, 0.2) is 0 Å². The normalized spacial score (nSPS) is 12.1. The first-order chi connectivity index (χ1) is 7.80. The predicted molar refractivity (Wildman–Crippen MR) is 56.7 cm³/mol. The summed E-state index contributed by atoms with van der Waals surface area (Å²) in [5.41, 5.74) is -0.347. The Bertz CT molecular complexity index is 643. The number of fused-ring (bicyclic) bond motifs is 1. The van der Waals surface area contributed by atoms with Crippen LogP contribution in [0.2, 0.25) is 0 Å². The summed E-state index contributed by atoms with van der Waals surface area (Å²) in [5, 5.41) is 0. The molecular formula is C11H9F3N2O. The molecule has 3 nitrogen and oxygen atoms in total. The highest BCUT2D eigenvalue weighted by Crippen LogP contribution is 2.30. The van der Waals surface area contributed by atoms with Crippen LogP contribution in [0.1, 0.15) is 11.3 Å². The monoisotopic (exact) mass is 242 g/mol. The number of hydrogen-bond donors (Lipinski definition) is 0. The van der Waals surface area contributed by atoms with E-state index in [1.54, 1.807) is 0 Å². The third-order valence-electron chi connectivity index (χ3n) is 2.57. The van der Waals surface area contributed by atoms with Crippen molar-refractivity contribution in [2.45, 2.75) is 13.1 Å². The lowest BCUT2D eigenvalue weighted by Crippen LogP contribution is -2.21. The lowest BCUT2D eigenvalue weighted by Gasteiger charge is -2.09. The Labute approximate surface area is 94.5 Å². The smallest absolute Gasteiger partial charge is 0.308 e. The molecule has 0 fully saturated rings. The van der Waals surface area contributed by atoms with Gasteiger partial charge in [0.25, 0.3) is 5.56 Å². The molecule has 0 amide bonds. The molecule has 0 bridgehead atoms. The summed E-state index contributed by atoms with van der Waals surface area (Å²) in [5.74, 6) is 0. The first kappa shape index (κ1) is 11.6. The molecular weight excluding hydrogens is 233 g/mol. The van der Waals surface area contributed by atoms with Crippen LogP contribution >= 0.6 is 0 Å². The summed E-state index contributed by atoms with van der Waals surface area (Å²) >= 11 is 0. The van der Waals surface area contributed by atoms with E-state index in [1.807, 2.05) is 0 Å². The fourth-order valence-corrected chi connectivity index (χ4v) is 1.65. The van der Waals surface area contributed by atoms with Crippen molar-refractivity contribution in [3.05, 3.63) is 39.8 Å². The Morgan fingerprint density at radius 1 is 1.29 bits per heavy atom. The van der Waals surface area contributed by atoms with Crippen molar-refractivity contribution in [2.75, 3.05) is 0 Å². The molecule has 0 aliphatic heterocycles. The van der Waals surface area contributed by atoms with Gasteiger partial charge >= 0.3 is 6.18 Å². The first-order valence-electron chi connectivity index (χ1n) is 4.85. The molecule has 2 rings (SSSR count). The van der Waals surface area contributed by atoms with Gasteiger partial charge in [-0.2, -0.15) is 13.2 Å². The van der Waals surface area contributed by atoms with E-state index < -0.39 is 11.7 Å². The van der Waals surface area contributed by atoms with Gasteiger partial charge in [0.2, 0.25) is 0 Å². The summed E-state index contributed by atoms with van der Waals surface area (Å²) in [6.45, 7) is 1.47. The van der Waals surface area contributed by atoms with E-state index in [-0.39, 0.29) is 16.8 Å². The largest absolute Gasteiger partial charge is 0.416 e. The summed E-state index contributed by atoms with van der Waals surface area (Å²) in [4.78, 5) is 15.4. The summed E-state index contributed by atoms with van der Waals surface area (Å²) in [6.07, 6.45) is -4.40. The van der Waals surface area contributed by atoms with Crippen LogP contribution in [0.25, 0.3) is 11.0 Å². The molecule has 0 radical (unpaired) electrons. The Hall–Kier alpha value is -1.85. The molecule has 1 aromatic heterocycles. The Morgan fingerprint density at radius 3 is 2.53 bits per heavy atom. The topological polar surface area (TPSA) is 34.9 Å². The zero-order valence-corrected chi connectivity index (χ0v) is 9.17. The number of rotatable bonds is 0. The Balaban J connectivity index is 2.80. The number of aromatic nitrogens is 2. The maximum atomic E-state index is 12.5. The molecule has 0 spiro atoms. The van der Waals surface area contributed by atoms with Crippen LogP contribution in [0.15, 0.2) is 23.0 Å². The molecule has 6 heteroatoms. The molecule has 0 unspecified atom stereocenters. The number of nitrogens with zero attached hydrogens (tertiary/aromatic N) is 2. The van der Waals surface area contributed by atoms with Gasteiger partial charge in [0.05, 0.1) is 16.6 Å². The predicted octanol–water partition coefficient (Wildman–Crippen LogP) is 2.26. The molecule has 0 saturated heterocycles. The van der Waals surface area contributed by atoms with Crippen LogP contribution in [0, 0.1) is 6.92 Å². The fraction of sp³-hybridized carbons (Fsp3) is 0.273. The number of aryl methyl sites for hydroxylation is 2. The van der Waals surface area contributed by atoms with E-state index in [9.17, 15) is 18.0 Å². The molecule has 0 N–H and O–H groups in total. The minimum absolute atomic E-state index is 0.166. The van der Waals surface area contributed by atoms with Crippen molar-refractivity contribution in [2.24, 2.45) is 7.05 Å². The second-order valence-corrected chi connectivity index (χ2v) is 3.76. The second kappa shape index (κ2) is 3.58. The van der Waals surface area contributed by atoms with Gasteiger partial charge < -0.3 is 4.57 Å². The van der Waals surface area contributed by atoms with Crippen LogP contribution in [0.5, 0.6) is 0 Å². The highest BCUT2D eigenvalue weighted by Gasteiger charge is 2.30. The van der Waals surface area contributed by atoms with Gasteiger partial charge in [-0.15, -0.1) is 0 Å². The highest BCUT2D eigenvalue weighted by molar-refractivity contribution is 5.75. The van der Waals surface area contributed by atoms with E-state index in [0.717, 1.165) is 12.1 Å². The van der Waals surface area contributed by atoms with Crippen molar-refractivity contribution in [1.29, 1.82) is 0 Å². The third kappa shape index (κ3) is 1.90. The maximum Gasteiger partial charge on any atom is 0.416 e. The Morgan fingerprint density at radius 2 is 1.94 bits per heavy atom. The standard InChI is InChI=1S/C11H9F3N2O/c1-6-10(17)16(2)9-4-3-7(11(12,13)14)5-8(9)15-6/h3-5H,1-2H3. The molecule has 0 aliphatic carbocycles. The number of benzene rings is 1. The molecule has 0 atom stereocenters. The second-order valence-electron chi connectivity index (χ2n) is 3.76. The molecule has 1 aromatic carbocycles. The van der Waals surface area contributed by atoms with Crippen molar-refractivity contribution < 1.29 is 13.2 Å². The third-order valence-corrected chi connectivity index (χ3v) is 2.57. The zero-order chi connectivity index (χ0) is 12.8. The number of alkyl halides is 3. The average molecular weight is 242 g/mol. The van der Waals surface area contributed by atoms with Gasteiger partial charge in [0, 0.05) is 7.05 Å². The molecule has 0 saturated carbocycles. The molecule has 90 valence electrons. The first-order valence-corrected chi connectivity index (χ1v) is 4.85. The lowest BCUT2D eigenvalue weighted by molar-refractivity contribution is -0.137. The van der Waals surface area contributed by atoms with E-state index in [1.165, 1.54) is 24.6 Å². The zero-order valence-electron chi connectivity index (χ0n) is 9.17. The minimum atomic E-state index is -4.40. The summed E-state index contributed by atoms with van der Waals surface area (Å²) < 4.78 is 38.8. The van der Waals surface area contributed by atoms with E-state index >= 15 is 0 Å². The fourth-order valence-electron chi connectivity index (χ4n) is 1.65. The quantitative estimate of drug-likeness (QED) is 0.710. The lowest BCUT2D eigenvalue weighted by atomic mass is 10.2.